The number of aryl methyl sites for hydroxylation is 1. The van der Waals surface area contributed by atoms with Crippen LogP contribution in [0, 0.1) is 6.92 Å². The van der Waals surface area contributed by atoms with Gasteiger partial charge in [0.2, 0.25) is 0 Å². The number of rotatable bonds is 1. The highest BCUT2D eigenvalue weighted by Crippen LogP contribution is 2.21. The molecule has 0 radical (unpaired) electrons. The first-order chi connectivity index (χ1) is 6.56. The van der Waals surface area contributed by atoms with Crippen LogP contribution in [-0.4, -0.2) is 6.03 Å². The Morgan fingerprint density at radius 1 is 1.57 bits per heavy atom. The van der Waals surface area contributed by atoms with E-state index in [-0.39, 0.29) is 0 Å². The third-order valence-corrected chi connectivity index (χ3v) is 2.18. The minimum absolute atomic E-state index is 0.476. The van der Waals surface area contributed by atoms with Gasteiger partial charge in [-0.15, -0.1) is 0 Å². The van der Waals surface area contributed by atoms with Crippen LogP contribution in [0.5, 0.6) is 0 Å². The predicted octanol–water partition coefficient (Wildman–Crippen LogP) is 0.912. The quantitative estimate of drug-likeness (QED) is 0.369. The molecule has 2 amide bonds. The third-order valence-electron chi connectivity index (χ3n) is 1.78. The fourth-order valence-corrected chi connectivity index (χ4v) is 1.09. The number of nitrogens with two attached hydrogens (primary N) is 2. The van der Waals surface area contributed by atoms with Crippen molar-refractivity contribution < 1.29 is 4.79 Å². The smallest absolute Gasteiger partial charge is 0.274 e. The van der Waals surface area contributed by atoms with Gasteiger partial charge in [-0.25, -0.2) is 21.5 Å². The normalized spacial score (nSPS) is 9.71. The van der Waals surface area contributed by atoms with Gasteiger partial charge >= 0.3 is 6.03 Å². The summed E-state index contributed by atoms with van der Waals surface area (Å²) in [6, 6.07) is 4.43. The number of hydrogen-bond acceptors (Lipinski definition) is 3. The van der Waals surface area contributed by atoms with E-state index in [9.17, 15) is 4.79 Å². The number of hydrazine groups is 2. The van der Waals surface area contributed by atoms with E-state index in [1.54, 1.807) is 18.2 Å². The van der Waals surface area contributed by atoms with E-state index in [0.717, 1.165) is 10.6 Å². The molecule has 0 aliphatic rings. The van der Waals surface area contributed by atoms with Gasteiger partial charge in [0.25, 0.3) is 0 Å². The molecule has 0 aliphatic heterocycles. The number of carbonyl (C=O) groups excluding carboxylic acids is 1. The van der Waals surface area contributed by atoms with Crippen molar-refractivity contribution in [3.8, 4) is 0 Å². The molecule has 0 saturated carbocycles. The zero-order valence-electron chi connectivity index (χ0n) is 7.62. The molecule has 0 saturated heterocycles. The molecule has 5 nitrogen and oxygen atoms in total. The molecule has 0 atom stereocenters. The Labute approximate surface area is 86.6 Å². The number of nitrogens with zero attached hydrogens (tertiary/aromatic N) is 1. The molecule has 0 fully saturated rings. The lowest BCUT2D eigenvalue weighted by Crippen LogP contribution is -2.47. The fraction of sp³-hybridized carbons (Fsp3) is 0.125. The molecule has 0 spiro atoms. The second kappa shape index (κ2) is 4.28. The SMILES string of the molecule is Cc1ccc(N(N)C(=O)NN)cc1Cl. The third kappa shape index (κ3) is 2.14. The molecular weight excluding hydrogens is 204 g/mol. The van der Waals surface area contributed by atoms with Crippen molar-refractivity contribution in [1.29, 1.82) is 0 Å². The molecule has 5 N–H and O–H groups in total. The molecule has 1 rings (SSSR count). The Hall–Kier alpha value is -1.30. The van der Waals surface area contributed by atoms with Gasteiger partial charge in [0.15, 0.2) is 0 Å². The first kappa shape index (κ1) is 10.8. The van der Waals surface area contributed by atoms with E-state index in [4.69, 9.17) is 23.3 Å². The van der Waals surface area contributed by atoms with Crippen molar-refractivity contribution >= 4 is 23.3 Å². The number of nitrogens with one attached hydrogen (secondary N) is 1. The van der Waals surface area contributed by atoms with E-state index in [1.165, 1.54) is 0 Å². The zero-order chi connectivity index (χ0) is 10.7. The van der Waals surface area contributed by atoms with Crippen LogP contribution in [-0.2, 0) is 0 Å². The standard InChI is InChI=1S/C8H11ClN4O/c1-5-2-3-6(4-7(5)9)13(11)8(14)12-10/h2-4H,10-11H2,1H3,(H,12,14). The van der Waals surface area contributed by atoms with Crippen molar-refractivity contribution in [3.63, 3.8) is 0 Å². The van der Waals surface area contributed by atoms with Crippen LogP contribution in [0.4, 0.5) is 10.5 Å². The van der Waals surface area contributed by atoms with Crippen LogP contribution < -0.4 is 22.1 Å². The summed E-state index contributed by atoms with van der Waals surface area (Å²) in [5, 5.41) is 1.42. The molecule has 76 valence electrons. The van der Waals surface area contributed by atoms with Crippen LogP contribution in [0.15, 0.2) is 18.2 Å². The first-order valence-electron chi connectivity index (χ1n) is 3.88. The Morgan fingerprint density at radius 3 is 2.71 bits per heavy atom. The van der Waals surface area contributed by atoms with Crippen LogP contribution >= 0.6 is 11.6 Å². The Balaban J connectivity index is 2.96. The van der Waals surface area contributed by atoms with Crippen molar-refractivity contribution in [1.82, 2.24) is 5.43 Å². The zero-order valence-corrected chi connectivity index (χ0v) is 8.38. The Morgan fingerprint density at radius 2 is 2.21 bits per heavy atom. The number of urea groups is 1. The summed E-state index contributed by atoms with van der Waals surface area (Å²) in [7, 11) is 0. The lowest BCUT2D eigenvalue weighted by Gasteiger charge is -2.16. The van der Waals surface area contributed by atoms with Crippen molar-refractivity contribution in [2.45, 2.75) is 6.92 Å². The monoisotopic (exact) mass is 214 g/mol. The molecule has 1 aromatic carbocycles. The van der Waals surface area contributed by atoms with E-state index in [1.807, 2.05) is 12.3 Å². The van der Waals surface area contributed by atoms with Crippen LogP contribution in [0.1, 0.15) is 5.56 Å². The highest BCUT2D eigenvalue weighted by molar-refractivity contribution is 6.31. The van der Waals surface area contributed by atoms with Gasteiger partial charge in [-0.3, -0.25) is 5.43 Å². The average Bonchev–Trinajstić information content (AvgIpc) is 2.20. The number of hydrogen-bond donors (Lipinski definition) is 3. The molecule has 0 heterocycles. The van der Waals surface area contributed by atoms with Crippen molar-refractivity contribution in [2.24, 2.45) is 11.7 Å². The maximum atomic E-state index is 11.0. The van der Waals surface area contributed by atoms with Gasteiger partial charge in [0, 0.05) is 5.02 Å². The second-order valence-corrected chi connectivity index (χ2v) is 3.16. The number of carbonyl (C=O) groups is 1. The highest BCUT2D eigenvalue weighted by Gasteiger charge is 2.10. The molecular formula is C8H11ClN4O. The molecule has 0 unspecified atom stereocenters. The summed E-state index contributed by atoms with van der Waals surface area (Å²) in [5.41, 5.74) is 3.31. The highest BCUT2D eigenvalue weighted by atomic mass is 35.5. The van der Waals surface area contributed by atoms with Gasteiger partial charge in [0.1, 0.15) is 0 Å². The minimum Gasteiger partial charge on any atom is -0.274 e. The van der Waals surface area contributed by atoms with Crippen molar-refractivity contribution in [2.75, 3.05) is 5.01 Å². The topological polar surface area (TPSA) is 84.4 Å². The first-order valence-corrected chi connectivity index (χ1v) is 4.25. The Bertz CT molecular complexity index is 355. The van der Waals surface area contributed by atoms with Crippen LogP contribution in [0.2, 0.25) is 5.02 Å². The summed E-state index contributed by atoms with van der Waals surface area (Å²) >= 11 is 5.86. The predicted molar refractivity (Wildman–Crippen MR) is 55.6 cm³/mol. The maximum Gasteiger partial charge on any atom is 0.350 e. The number of amides is 2. The van der Waals surface area contributed by atoms with E-state index in [2.05, 4.69) is 0 Å². The molecule has 1 aromatic rings. The lowest BCUT2D eigenvalue weighted by molar-refractivity contribution is 0.246. The molecule has 6 heteroatoms. The minimum atomic E-state index is -0.607. The maximum absolute atomic E-state index is 11.0. The summed E-state index contributed by atoms with van der Waals surface area (Å²) in [4.78, 5) is 11.0. The molecule has 0 bridgehead atoms. The van der Waals surface area contributed by atoms with Crippen molar-refractivity contribution in [3.05, 3.63) is 28.8 Å². The van der Waals surface area contributed by atoms with Gasteiger partial charge in [-0.05, 0) is 24.6 Å². The van der Waals surface area contributed by atoms with Crippen LogP contribution in [0.25, 0.3) is 0 Å². The molecule has 14 heavy (non-hydrogen) atoms. The Kier molecular flexibility index (Phi) is 3.29. The summed E-state index contributed by atoms with van der Waals surface area (Å²) in [5.74, 6) is 10.4. The summed E-state index contributed by atoms with van der Waals surface area (Å²) in [6.45, 7) is 1.86. The number of halogens is 1. The van der Waals surface area contributed by atoms with Crippen LogP contribution in [0.3, 0.4) is 0 Å². The van der Waals surface area contributed by atoms with Gasteiger partial charge in [0.05, 0.1) is 5.69 Å². The largest absolute Gasteiger partial charge is 0.350 e. The van der Waals surface area contributed by atoms with E-state index in [0.29, 0.717) is 10.7 Å². The average molecular weight is 215 g/mol. The fourth-order valence-electron chi connectivity index (χ4n) is 0.918. The summed E-state index contributed by atoms with van der Waals surface area (Å²) in [6.07, 6.45) is 0. The molecule has 0 aromatic heterocycles. The van der Waals surface area contributed by atoms with E-state index >= 15 is 0 Å². The van der Waals surface area contributed by atoms with Gasteiger partial charge < -0.3 is 0 Å². The lowest BCUT2D eigenvalue weighted by atomic mass is 10.2. The second-order valence-electron chi connectivity index (χ2n) is 2.75. The molecule has 0 aliphatic carbocycles. The van der Waals surface area contributed by atoms with Gasteiger partial charge in [-0.1, -0.05) is 17.7 Å². The summed E-state index contributed by atoms with van der Waals surface area (Å²) < 4.78 is 0. The number of benzene rings is 1. The number of anilines is 1. The van der Waals surface area contributed by atoms with E-state index < -0.39 is 6.03 Å². The van der Waals surface area contributed by atoms with Gasteiger partial charge in [-0.2, -0.15) is 0 Å².